The maximum atomic E-state index is 4.35. The molecule has 24 heavy (non-hydrogen) atoms. The summed E-state index contributed by atoms with van der Waals surface area (Å²) in [6, 6.07) is 10.6. The van der Waals surface area contributed by atoms with E-state index in [1.165, 1.54) is 11.1 Å². The first kappa shape index (κ1) is 15.0. The first-order valence-corrected chi connectivity index (χ1v) is 8.37. The Bertz CT molecular complexity index is 776. The summed E-state index contributed by atoms with van der Waals surface area (Å²) in [5.41, 5.74) is 2.67. The molecule has 1 unspecified atom stereocenters. The number of aromatic nitrogens is 4. The number of imidazole rings is 1. The van der Waals surface area contributed by atoms with Gasteiger partial charge in [0, 0.05) is 57.1 Å². The van der Waals surface area contributed by atoms with Crippen LogP contribution in [0.3, 0.4) is 0 Å². The van der Waals surface area contributed by atoms with E-state index < -0.39 is 0 Å². The minimum absolute atomic E-state index is 0.554. The summed E-state index contributed by atoms with van der Waals surface area (Å²) in [6.07, 6.45) is 7.53. The van der Waals surface area contributed by atoms with Crippen LogP contribution < -0.4 is 10.6 Å². The van der Waals surface area contributed by atoms with E-state index in [0.717, 1.165) is 38.5 Å². The third-order valence-electron chi connectivity index (χ3n) is 4.50. The van der Waals surface area contributed by atoms with Crippen LogP contribution >= 0.6 is 0 Å². The SMILES string of the molecule is c1ccc(Cn2ccnc2)c(CNCC2CNc3ccnn3C2)c1. The molecule has 6 heteroatoms. The van der Waals surface area contributed by atoms with Crippen molar-refractivity contribution in [2.24, 2.45) is 5.92 Å². The molecule has 0 amide bonds. The predicted octanol–water partition coefficient (Wildman–Crippen LogP) is 1.96. The van der Waals surface area contributed by atoms with Crippen LogP contribution in [-0.4, -0.2) is 32.4 Å². The fraction of sp³-hybridized carbons (Fsp3) is 0.333. The number of hydrogen-bond donors (Lipinski definition) is 2. The minimum atomic E-state index is 0.554. The molecule has 1 aliphatic heterocycles. The smallest absolute Gasteiger partial charge is 0.124 e. The molecule has 0 spiro atoms. The fourth-order valence-corrected chi connectivity index (χ4v) is 3.20. The Morgan fingerprint density at radius 3 is 2.96 bits per heavy atom. The molecular weight excluding hydrogens is 300 g/mol. The summed E-state index contributed by atoms with van der Waals surface area (Å²) in [7, 11) is 0. The van der Waals surface area contributed by atoms with Gasteiger partial charge in [0.1, 0.15) is 5.82 Å². The number of benzene rings is 1. The summed E-state index contributed by atoms with van der Waals surface area (Å²) in [5.74, 6) is 1.68. The summed E-state index contributed by atoms with van der Waals surface area (Å²) in [6.45, 7) is 4.69. The van der Waals surface area contributed by atoms with Crippen molar-refractivity contribution in [3.63, 3.8) is 0 Å². The molecule has 0 aliphatic carbocycles. The number of nitrogens with one attached hydrogen (secondary N) is 2. The van der Waals surface area contributed by atoms with Crippen molar-refractivity contribution in [1.29, 1.82) is 0 Å². The highest BCUT2D eigenvalue weighted by molar-refractivity contribution is 5.35. The molecule has 1 aliphatic rings. The van der Waals surface area contributed by atoms with E-state index in [1.54, 1.807) is 0 Å². The highest BCUT2D eigenvalue weighted by Crippen LogP contribution is 2.16. The van der Waals surface area contributed by atoms with Crippen LogP contribution in [0.4, 0.5) is 5.82 Å². The van der Waals surface area contributed by atoms with Crippen LogP contribution in [0, 0.1) is 5.92 Å². The zero-order valence-electron chi connectivity index (χ0n) is 13.6. The number of fused-ring (bicyclic) bond motifs is 1. The second-order valence-electron chi connectivity index (χ2n) is 6.28. The molecule has 4 rings (SSSR count). The third-order valence-corrected chi connectivity index (χ3v) is 4.50. The summed E-state index contributed by atoms with van der Waals surface area (Å²) >= 11 is 0. The zero-order chi connectivity index (χ0) is 16.2. The second kappa shape index (κ2) is 6.88. The molecule has 6 nitrogen and oxygen atoms in total. The van der Waals surface area contributed by atoms with Gasteiger partial charge in [0.15, 0.2) is 0 Å². The Morgan fingerprint density at radius 2 is 2.08 bits per heavy atom. The number of nitrogens with zero attached hydrogens (tertiary/aromatic N) is 4. The first-order chi connectivity index (χ1) is 11.9. The van der Waals surface area contributed by atoms with Gasteiger partial charge in [-0.1, -0.05) is 24.3 Å². The number of hydrogen-bond acceptors (Lipinski definition) is 4. The van der Waals surface area contributed by atoms with Crippen molar-refractivity contribution in [3.05, 3.63) is 66.4 Å². The molecule has 1 atom stereocenters. The molecule has 0 saturated heterocycles. The monoisotopic (exact) mass is 322 g/mol. The largest absolute Gasteiger partial charge is 0.370 e. The molecule has 0 fully saturated rings. The standard InChI is InChI=1S/C18H22N6/c1-2-4-17(13-23-8-7-19-14-23)16(3-1)11-20-9-15-10-21-18-5-6-22-24(18)12-15/h1-8,14-15,20-21H,9-13H2. The molecule has 0 bridgehead atoms. The van der Waals surface area contributed by atoms with E-state index in [9.17, 15) is 0 Å². The molecule has 124 valence electrons. The van der Waals surface area contributed by atoms with E-state index in [0.29, 0.717) is 5.92 Å². The van der Waals surface area contributed by atoms with Crippen molar-refractivity contribution in [2.75, 3.05) is 18.4 Å². The van der Waals surface area contributed by atoms with Crippen molar-refractivity contribution in [3.8, 4) is 0 Å². The lowest BCUT2D eigenvalue weighted by atomic mass is 10.1. The molecule has 2 aromatic heterocycles. The lowest BCUT2D eigenvalue weighted by Gasteiger charge is -2.25. The average Bonchev–Trinajstić information content (AvgIpc) is 3.27. The summed E-state index contributed by atoms with van der Waals surface area (Å²) < 4.78 is 4.14. The molecule has 0 saturated carbocycles. The van der Waals surface area contributed by atoms with Crippen LogP contribution in [0.2, 0.25) is 0 Å². The molecule has 3 heterocycles. The maximum Gasteiger partial charge on any atom is 0.124 e. The van der Waals surface area contributed by atoms with E-state index in [2.05, 4.69) is 49.5 Å². The van der Waals surface area contributed by atoms with Gasteiger partial charge in [-0.15, -0.1) is 0 Å². The van der Waals surface area contributed by atoms with Crippen LogP contribution in [0.1, 0.15) is 11.1 Å². The van der Waals surface area contributed by atoms with Crippen LogP contribution in [0.15, 0.2) is 55.2 Å². The van der Waals surface area contributed by atoms with Gasteiger partial charge in [0.2, 0.25) is 0 Å². The highest BCUT2D eigenvalue weighted by atomic mass is 15.3. The quantitative estimate of drug-likeness (QED) is 0.728. The van der Waals surface area contributed by atoms with E-state index in [1.807, 2.05) is 35.7 Å². The van der Waals surface area contributed by atoms with Gasteiger partial charge in [-0.05, 0) is 11.1 Å². The summed E-state index contributed by atoms with van der Waals surface area (Å²) in [5, 5.41) is 11.4. The van der Waals surface area contributed by atoms with Crippen molar-refractivity contribution in [2.45, 2.75) is 19.6 Å². The predicted molar refractivity (Wildman–Crippen MR) is 93.7 cm³/mol. The van der Waals surface area contributed by atoms with Crippen LogP contribution in [0.25, 0.3) is 0 Å². The molecule has 0 radical (unpaired) electrons. The van der Waals surface area contributed by atoms with Crippen LogP contribution in [-0.2, 0) is 19.6 Å². The van der Waals surface area contributed by atoms with Gasteiger partial charge in [-0.25, -0.2) is 9.67 Å². The number of anilines is 1. The zero-order valence-corrected chi connectivity index (χ0v) is 13.6. The van der Waals surface area contributed by atoms with Crippen LogP contribution in [0.5, 0.6) is 0 Å². The normalized spacial score (nSPS) is 16.6. The van der Waals surface area contributed by atoms with Gasteiger partial charge < -0.3 is 15.2 Å². The highest BCUT2D eigenvalue weighted by Gasteiger charge is 2.17. The number of rotatable bonds is 6. The van der Waals surface area contributed by atoms with Crippen molar-refractivity contribution in [1.82, 2.24) is 24.6 Å². The second-order valence-corrected chi connectivity index (χ2v) is 6.28. The van der Waals surface area contributed by atoms with Gasteiger partial charge >= 0.3 is 0 Å². The van der Waals surface area contributed by atoms with E-state index in [-0.39, 0.29) is 0 Å². The topological polar surface area (TPSA) is 59.7 Å². The first-order valence-electron chi connectivity index (χ1n) is 8.37. The Hall–Kier alpha value is -2.60. The molecular formula is C18H22N6. The Balaban J connectivity index is 1.33. The lowest BCUT2D eigenvalue weighted by molar-refractivity contribution is 0.391. The fourth-order valence-electron chi connectivity index (χ4n) is 3.20. The minimum Gasteiger partial charge on any atom is -0.370 e. The Morgan fingerprint density at radius 1 is 1.17 bits per heavy atom. The van der Waals surface area contributed by atoms with Crippen molar-refractivity contribution < 1.29 is 0 Å². The molecule has 1 aromatic carbocycles. The van der Waals surface area contributed by atoms with E-state index >= 15 is 0 Å². The average molecular weight is 322 g/mol. The molecule has 3 aromatic rings. The Labute approximate surface area is 141 Å². The lowest BCUT2D eigenvalue weighted by Crippen LogP contribution is -2.35. The maximum absolute atomic E-state index is 4.35. The van der Waals surface area contributed by atoms with Gasteiger partial charge in [0.25, 0.3) is 0 Å². The van der Waals surface area contributed by atoms with E-state index in [4.69, 9.17) is 0 Å². The van der Waals surface area contributed by atoms with Gasteiger partial charge in [-0.3, -0.25) is 0 Å². The third kappa shape index (κ3) is 3.33. The van der Waals surface area contributed by atoms with Crippen molar-refractivity contribution >= 4 is 5.82 Å². The van der Waals surface area contributed by atoms with Gasteiger partial charge in [-0.2, -0.15) is 5.10 Å². The molecule has 2 N–H and O–H groups in total. The Kier molecular flexibility index (Phi) is 4.29. The van der Waals surface area contributed by atoms with Gasteiger partial charge in [0.05, 0.1) is 12.5 Å². The summed E-state index contributed by atoms with van der Waals surface area (Å²) in [4.78, 5) is 4.12.